The summed E-state index contributed by atoms with van der Waals surface area (Å²) in [6, 6.07) is 10.0. The average Bonchev–Trinajstić information content (AvgIpc) is 3.01. The average molecular weight is 314 g/mol. The van der Waals surface area contributed by atoms with Crippen molar-refractivity contribution in [3.05, 3.63) is 53.9 Å². The van der Waals surface area contributed by atoms with E-state index in [1.807, 2.05) is 54.7 Å². The molecule has 1 atom stereocenters. The predicted molar refractivity (Wildman–Crippen MR) is 87.0 cm³/mol. The van der Waals surface area contributed by atoms with Crippen molar-refractivity contribution in [2.24, 2.45) is 7.05 Å². The van der Waals surface area contributed by atoms with E-state index < -0.39 is 0 Å². The number of urea groups is 1. The van der Waals surface area contributed by atoms with Crippen LogP contribution >= 0.6 is 0 Å². The van der Waals surface area contributed by atoms with E-state index in [4.69, 9.17) is 4.74 Å². The molecule has 1 unspecified atom stereocenters. The van der Waals surface area contributed by atoms with Gasteiger partial charge in [-0.05, 0) is 17.5 Å². The number of nitrogens with zero attached hydrogens (tertiary/aromatic N) is 3. The minimum absolute atomic E-state index is 0.0295. The number of hydrogen-bond donors (Lipinski definition) is 1. The molecule has 0 saturated carbocycles. The molecule has 1 aliphatic rings. The number of aryl methyl sites for hydroxylation is 1. The van der Waals surface area contributed by atoms with Crippen molar-refractivity contribution >= 4 is 6.03 Å². The van der Waals surface area contributed by atoms with Gasteiger partial charge in [-0.1, -0.05) is 30.3 Å². The number of hydrogen-bond acceptors (Lipinski definition) is 3. The lowest BCUT2D eigenvalue weighted by Crippen LogP contribution is -2.47. The zero-order valence-corrected chi connectivity index (χ0v) is 13.3. The van der Waals surface area contributed by atoms with E-state index in [2.05, 4.69) is 10.4 Å². The van der Waals surface area contributed by atoms with Gasteiger partial charge in [-0.3, -0.25) is 4.68 Å². The van der Waals surface area contributed by atoms with Crippen molar-refractivity contribution in [3.63, 3.8) is 0 Å². The van der Waals surface area contributed by atoms with Crippen molar-refractivity contribution < 1.29 is 9.53 Å². The molecule has 2 aromatic rings. The van der Waals surface area contributed by atoms with E-state index in [0.29, 0.717) is 26.2 Å². The molecule has 6 nitrogen and oxygen atoms in total. The fourth-order valence-corrected chi connectivity index (χ4v) is 2.73. The maximum atomic E-state index is 12.3. The summed E-state index contributed by atoms with van der Waals surface area (Å²) in [4.78, 5) is 14.1. The van der Waals surface area contributed by atoms with Gasteiger partial charge in [0.25, 0.3) is 0 Å². The maximum Gasteiger partial charge on any atom is 0.317 e. The monoisotopic (exact) mass is 314 g/mol. The number of benzene rings is 1. The van der Waals surface area contributed by atoms with Crippen LogP contribution in [0.25, 0.3) is 0 Å². The Hall–Kier alpha value is -2.34. The lowest BCUT2D eigenvalue weighted by Gasteiger charge is -2.33. The third-order valence-electron chi connectivity index (χ3n) is 3.97. The number of amides is 2. The zero-order valence-electron chi connectivity index (χ0n) is 13.3. The van der Waals surface area contributed by atoms with Gasteiger partial charge in [0, 0.05) is 26.3 Å². The quantitative estimate of drug-likeness (QED) is 0.935. The molecule has 23 heavy (non-hydrogen) atoms. The number of aromatic nitrogens is 2. The van der Waals surface area contributed by atoms with Gasteiger partial charge in [-0.15, -0.1) is 0 Å². The molecule has 0 bridgehead atoms. The molecule has 1 saturated heterocycles. The molecular weight excluding hydrogens is 292 g/mol. The highest BCUT2D eigenvalue weighted by Gasteiger charge is 2.24. The second kappa shape index (κ2) is 7.28. The summed E-state index contributed by atoms with van der Waals surface area (Å²) < 4.78 is 7.56. The minimum Gasteiger partial charge on any atom is -0.370 e. The zero-order chi connectivity index (χ0) is 16.1. The van der Waals surface area contributed by atoms with Crippen molar-refractivity contribution in [1.29, 1.82) is 0 Å². The summed E-state index contributed by atoms with van der Waals surface area (Å²) in [7, 11) is 1.89. The summed E-state index contributed by atoms with van der Waals surface area (Å²) in [5.41, 5.74) is 2.23. The Morgan fingerprint density at radius 3 is 2.96 bits per heavy atom. The minimum atomic E-state index is -0.0472. The number of carbonyl (C=O) groups excluding carboxylic acids is 1. The highest BCUT2D eigenvalue weighted by Crippen LogP contribution is 2.21. The molecule has 1 aromatic heterocycles. The van der Waals surface area contributed by atoms with Crippen molar-refractivity contribution in [3.8, 4) is 0 Å². The lowest BCUT2D eigenvalue weighted by atomic mass is 10.1. The third-order valence-corrected chi connectivity index (χ3v) is 3.97. The van der Waals surface area contributed by atoms with Crippen LogP contribution in [0.4, 0.5) is 4.79 Å². The van der Waals surface area contributed by atoms with Crippen LogP contribution in [0.2, 0.25) is 0 Å². The molecule has 3 rings (SSSR count). The second-order valence-corrected chi connectivity index (χ2v) is 5.72. The Kier molecular flexibility index (Phi) is 4.92. The smallest absolute Gasteiger partial charge is 0.317 e. The first-order valence-electron chi connectivity index (χ1n) is 7.89. The number of morpholine rings is 1. The Morgan fingerprint density at radius 1 is 1.39 bits per heavy atom. The second-order valence-electron chi connectivity index (χ2n) is 5.72. The summed E-state index contributed by atoms with van der Waals surface area (Å²) in [5.74, 6) is 0. The van der Waals surface area contributed by atoms with E-state index >= 15 is 0 Å². The molecular formula is C17H22N4O2. The van der Waals surface area contributed by atoms with Gasteiger partial charge in [-0.25, -0.2) is 4.79 Å². The molecule has 6 heteroatoms. The molecule has 2 heterocycles. The van der Waals surface area contributed by atoms with E-state index in [1.54, 1.807) is 4.68 Å². The van der Waals surface area contributed by atoms with Crippen LogP contribution in [0.3, 0.4) is 0 Å². The topological polar surface area (TPSA) is 59.4 Å². The van der Waals surface area contributed by atoms with E-state index in [9.17, 15) is 4.79 Å². The van der Waals surface area contributed by atoms with Gasteiger partial charge >= 0.3 is 6.03 Å². The van der Waals surface area contributed by atoms with Crippen LogP contribution in [0.1, 0.15) is 17.2 Å². The highest BCUT2D eigenvalue weighted by molar-refractivity contribution is 5.74. The van der Waals surface area contributed by atoms with Gasteiger partial charge in [-0.2, -0.15) is 5.10 Å². The number of carbonyl (C=O) groups is 1. The van der Waals surface area contributed by atoms with Crippen molar-refractivity contribution in [2.45, 2.75) is 12.5 Å². The first-order chi connectivity index (χ1) is 11.2. The fraction of sp³-hybridized carbons (Fsp3) is 0.412. The largest absolute Gasteiger partial charge is 0.370 e. The van der Waals surface area contributed by atoms with Crippen LogP contribution < -0.4 is 5.32 Å². The van der Waals surface area contributed by atoms with E-state index in [1.165, 1.54) is 0 Å². The highest BCUT2D eigenvalue weighted by atomic mass is 16.5. The van der Waals surface area contributed by atoms with Gasteiger partial charge < -0.3 is 15.0 Å². The van der Waals surface area contributed by atoms with Crippen LogP contribution in [-0.2, 0) is 18.2 Å². The Balaban J connectivity index is 1.49. The number of rotatable bonds is 4. The third kappa shape index (κ3) is 4.10. The fourth-order valence-electron chi connectivity index (χ4n) is 2.73. The Morgan fingerprint density at radius 2 is 2.22 bits per heavy atom. The first-order valence-corrected chi connectivity index (χ1v) is 7.89. The predicted octanol–water partition coefficient (Wildman–Crippen LogP) is 1.75. The van der Waals surface area contributed by atoms with E-state index in [-0.39, 0.29) is 12.1 Å². The number of nitrogens with one attached hydrogen (secondary N) is 1. The van der Waals surface area contributed by atoms with Crippen LogP contribution in [0.5, 0.6) is 0 Å². The van der Waals surface area contributed by atoms with Gasteiger partial charge in [0.05, 0.1) is 19.3 Å². The molecule has 1 N–H and O–H groups in total. The van der Waals surface area contributed by atoms with Gasteiger partial charge in [0.1, 0.15) is 6.10 Å². The summed E-state index contributed by atoms with van der Waals surface area (Å²) >= 11 is 0. The van der Waals surface area contributed by atoms with Crippen molar-refractivity contribution in [2.75, 3.05) is 26.2 Å². The summed E-state index contributed by atoms with van der Waals surface area (Å²) in [6.07, 6.45) is 4.53. The Bertz CT molecular complexity index is 641. The van der Waals surface area contributed by atoms with Crippen LogP contribution in [0.15, 0.2) is 42.7 Å². The lowest BCUT2D eigenvalue weighted by molar-refractivity contribution is -0.0153. The van der Waals surface area contributed by atoms with Gasteiger partial charge in [0.2, 0.25) is 0 Å². The molecule has 0 spiro atoms. The molecule has 1 aromatic carbocycles. The van der Waals surface area contributed by atoms with Crippen molar-refractivity contribution in [1.82, 2.24) is 20.0 Å². The molecule has 0 aliphatic carbocycles. The van der Waals surface area contributed by atoms with Crippen LogP contribution in [0, 0.1) is 0 Å². The normalized spacial score (nSPS) is 18.0. The molecule has 122 valence electrons. The first kappa shape index (κ1) is 15.6. The number of ether oxygens (including phenoxy) is 1. The standard InChI is InChI=1S/C17H22N4O2/c1-20-12-14(11-19-20)7-8-18-17(22)21-9-10-23-16(13-21)15-5-3-2-4-6-15/h2-6,11-12,16H,7-10,13H2,1H3,(H,18,22). The summed E-state index contributed by atoms with van der Waals surface area (Å²) in [6.45, 7) is 2.39. The maximum absolute atomic E-state index is 12.3. The Labute approximate surface area is 136 Å². The summed E-state index contributed by atoms with van der Waals surface area (Å²) in [5, 5.41) is 7.10. The molecule has 1 aliphatic heterocycles. The molecule has 2 amide bonds. The SMILES string of the molecule is Cn1cc(CCNC(=O)N2CCOC(c3ccccc3)C2)cn1. The van der Waals surface area contributed by atoms with Gasteiger partial charge in [0.15, 0.2) is 0 Å². The molecule has 0 radical (unpaired) electrons. The van der Waals surface area contributed by atoms with Crippen LogP contribution in [-0.4, -0.2) is 47.0 Å². The molecule has 1 fully saturated rings. The van der Waals surface area contributed by atoms with E-state index in [0.717, 1.165) is 17.5 Å².